The van der Waals surface area contributed by atoms with Crippen LogP contribution in [0.4, 0.5) is 4.79 Å². The zero-order chi connectivity index (χ0) is 32.2. The first-order chi connectivity index (χ1) is 21.6. The quantitative estimate of drug-likeness (QED) is 0.167. The van der Waals surface area contributed by atoms with Gasteiger partial charge in [0, 0.05) is 13.2 Å². The number of nitrogens with zero attached hydrogens (tertiary/aromatic N) is 1. The molecule has 1 atom stereocenters. The Bertz CT molecular complexity index is 1510. The highest BCUT2D eigenvalue weighted by Crippen LogP contribution is 2.31. The highest BCUT2D eigenvalue weighted by atomic mass is 32.2. The van der Waals surface area contributed by atoms with Gasteiger partial charge in [0.05, 0.1) is 30.1 Å². The van der Waals surface area contributed by atoms with Crippen LogP contribution < -0.4 is 9.46 Å². The summed E-state index contributed by atoms with van der Waals surface area (Å²) in [5.74, 6) is -0.701. The predicted octanol–water partition coefficient (Wildman–Crippen LogP) is 5.15. The number of aliphatic hydroxyl groups is 2. The second-order valence-electron chi connectivity index (χ2n) is 11.4. The van der Waals surface area contributed by atoms with Crippen molar-refractivity contribution in [3.63, 3.8) is 0 Å². The average Bonchev–Trinajstić information content (AvgIpc) is 3.03. The van der Waals surface area contributed by atoms with Crippen LogP contribution in [-0.4, -0.2) is 72.2 Å². The molecule has 1 aliphatic carbocycles. The first-order valence-electron chi connectivity index (χ1n) is 15.4. The molecule has 0 heterocycles. The minimum absolute atomic E-state index is 0.0366. The van der Waals surface area contributed by atoms with E-state index in [2.05, 4.69) is 4.72 Å². The number of carbonyl (C=O) groups is 2. The molecule has 45 heavy (non-hydrogen) atoms. The third kappa shape index (κ3) is 10.3. The Morgan fingerprint density at radius 1 is 0.933 bits per heavy atom. The molecular formula is C34H42N2O8S. The summed E-state index contributed by atoms with van der Waals surface area (Å²) in [6.07, 6.45) is 3.82. The average molecular weight is 639 g/mol. The van der Waals surface area contributed by atoms with E-state index in [9.17, 15) is 28.2 Å². The van der Waals surface area contributed by atoms with Crippen molar-refractivity contribution in [3.8, 4) is 16.9 Å². The third-order valence-electron chi connectivity index (χ3n) is 7.95. The Morgan fingerprint density at radius 2 is 1.62 bits per heavy atom. The van der Waals surface area contributed by atoms with E-state index in [1.165, 1.54) is 4.90 Å². The van der Waals surface area contributed by atoms with E-state index < -0.39 is 28.1 Å². The molecule has 3 aromatic rings. The predicted molar refractivity (Wildman–Crippen MR) is 172 cm³/mol. The molecule has 0 bridgehead atoms. The number of carboxylic acid groups (broad SMARTS) is 1. The number of hydrogen-bond acceptors (Lipinski definition) is 7. The van der Waals surface area contributed by atoms with E-state index in [0.717, 1.165) is 48.8 Å². The molecule has 2 amide bonds. The van der Waals surface area contributed by atoms with Crippen molar-refractivity contribution in [2.45, 2.75) is 63.6 Å². The van der Waals surface area contributed by atoms with Gasteiger partial charge in [-0.25, -0.2) is 17.9 Å². The van der Waals surface area contributed by atoms with Crippen molar-refractivity contribution in [1.29, 1.82) is 0 Å². The van der Waals surface area contributed by atoms with Crippen LogP contribution >= 0.6 is 0 Å². The second kappa shape index (κ2) is 16.4. The van der Waals surface area contributed by atoms with Crippen LogP contribution in [0.5, 0.6) is 5.75 Å². The number of benzene rings is 3. The molecule has 0 aliphatic heterocycles. The number of hydrogen-bond donors (Lipinski definition) is 4. The van der Waals surface area contributed by atoms with E-state index in [1.54, 1.807) is 42.5 Å². The van der Waals surface area contributed by atoms with Crippen molar-refractivity contribution in [2.24, 2.45) is 0 Å². The molecule has 1 aliphatic rings. The lowest BCUT2D eigenvalue weighted by molar-refractivity contribution is 0.0967. The van der Waals surface area contributed by atoms with Gasteiger partial charge in [-0.2, -0.15) is 0 Å². The topological polar surface area (TPSA) is 153 Å². The molecular weight excluding hydrogens is 596 g/mol. The van der Waals surface area contributed by atoms with Crippen LogP contribution in [0.1, 0.15) is 72.5 Å². The molecule has 4 N–H and O–H groups in total. The van der Waals surface area contributed by atoms with Crippen molar-refractivity contribution in [2.75, 3.05) is 25.4 Å². The van der Waals surface area contributed by atoms with E-state index in [1.807, 2.05) is 30.3 Å². The van der Waals surface area contributed by atoms with Gasteiger partial charge in [0.1, 0.15) is 5.75 Å². The fourth-order valence-electron chi connectivity index (χ4n) is 5.38. The van der Waals surface area contributed by atoms with Crippen LogP contribution in [-0.2, 0) is 16.4 Å². The van der Waals surface area contributed by atoms with Crippen LogP contribution in [0.3, 0.4) is 0 Å². The zero-order valence-corrected chi connectivity index (χ0v) is 26.1. The summed E-state index contributed by atoms with van der Waals surface area (Å²) in [4.78, 5) is 26.1. The lowest BCUT2D eigenvalue weighted by Crippen LogP contribution is -2.35. The van der Waals surface area contributed by atoms with E-state index >= 15 is 0 Å². The van der Waals surface area contributed by atoms with Crippen LogP contribution in [0.25, 0.3) is 11.1 Å². The maximum absolute atomic E-state index is 13.1. The smallest absolute Gasteiger partial charge is 0.407 e. The molecule has 3 aromatic carbocycles. The maximum atomic E-state index is 13.1. The number of carbonyl (C=O) groups excluding carboxylic acids is 1. The first-order valence-corrected chi connectivity index (χ1v) is 17.1. The Balaban J connectivity index is 1.47. The van der Waals surface area contributed by atoms with E-state index in [0.29, 0.717) is 24.2 Å². The van der Waals surface area contributed by atoms with Crippen molar-refractivity contribution >= 4 is 22.0 Å². The standard InChI is InChI=1S/C34H42N2O8S/c37-21-7-8-22-45(42,43)35-33(39)30-18-17-28(23-32(30)44-29-11-5-2-6-12-29)26-15-13-25(14-16-26)19-20-36(34(40)41)24-31(38)27-9-3-1-4-10-27/h1,3-4,9-10,13-18,23,29,31,37-38H,2,5-8,11-12,19-22,24H2,(H,35,39)(H,40,41)/t31-/m0/s1. The first kappa shape index (κ1) is 34.0. The van der Waals surface area contributed by atoms with E-state index in [-0.39, 0.29) is 43.5 Å². The normalized spacial score (nSPS) is 14.4. The highest BCUT2D eigenvalue weighted by Gasteiger charge is 2.23. The Kier molecular flexibility index (Phi) is 12.4. The van der Waals surface area contributed by atoms with Crippen molar-refractivity contribution < 1.29 is 38.1 Å². The Labute approximate surface area is 264 Å². The fraction of sp³-hybridized carbons (Fsp3) is 0.412. The lowest BCUT2D eigenvalue weighted by Gasteiger charge is -2.24. The minimum Gasteiger partial charge on any atom is -0.490 e. The Morgan fingerprint density at radius 3 is 2.29 bits per heavy atom. The molecule has 0 aromatic heterocycles. The van der Waals surface area contributed by atoms with Crippen LogP contribution in [0.15, 0.2) is 72.8 Å². The summed E-state index contributed by atoms with van der Waals surface area (Å²) < 4.78 is 33.3. The van der Waals surface area contributed by atoms with Gasteiger partial charge in [0.15, 0.2) is 0 Å². The van der Waals surface area contributed by atoms with Crippen LogP contribution in [0, 0.1) is 0 Å². The summed E-state index contributed by atoms with van der Waals surface area (Å²) in [5.41, 5.74) is 3.35. The molecule has 242 valence electrons. The molecule has 10 nitrogen and oxygen atoms in total. The number of aliphatic hydroxyl groups excluding tert-OH is 2. The number of rotatable bonds is 15. The van der Waals surface area contributed by atoms with Gasteiger partial charge in [0.25, 0.3) is 5.91 Å². The molecule has 0 unspecified atom stereocenters. The highest BCUT2D eigenvalue weighted by molar-refractivity contribution is 7.90. The summed E-state index contributed by atoms with van der Waals surface area (Å²) in [7, 11) is -3.88. The van der Waals surface area contributed by atoms with Gasteiger partial charge in [-0.1, -0.05) is 67.1 Å². The SMILES string of the molecule is O=C(NS(=O)(=O)CCCCO)c1ccc(-c2ccc(CCN(C[C@H](O)c3ccccc3)C(=O)O)cc2)cc1OC1CCCCC1. The summed E-state index contributed by atoms with van der Waals surface area (Å²) in [6, 6.07) is 21.7. The van der Waals surface area contributed by atoms with Gasteiger partial charge in [-0.15, -0.1) is 0 Å². The molecule has 0 radical (unpaired) electrons. The number of nitrogens with one attached hydrogen (secondary N) is 1. The van der Waals surface area contributed by atoms with Gasteiger partial charge in [-0.3, -0.25) is 4.79 Å². The maximum Gasteiger partial charge on any atom is 0.407 e. The van der Waals surface area contributed by atoms with Crippen molar-refractivity contribution in [1.82, 2.24) is 9.62 Å². The van der Waals surface area contributed by atoms with Gasteiger partial charge in [0.2, 0.25) is 10.0 Å². The van der Waals surface area contributed by atoms with Gasteiger partial charge >= 0.3 is 6.09 Å². The van der Waals surface area contributed by atoms with E-state index in [4.69, 9.17) is 9.84 Å². The number of unbranched alkanes of at least 4 members (excludes halogenated alkanes) is 1. The minimum atomic E-state index is -3.88. The lowest BCUT2D eigenvalue weighted by atomic mass is 9.97. The zero-order valence-electron chi connectivity index (χ0n) is 25.3. The summed E-state index contributed by atoms with van der Waals surface area (Å²) >= 11 is 0. The fourth-order valence-corrected chi connectivity index (χ4v) is 6.46. The summed E-state index contributed by atoms with van der Waals surface area (Å²) in [5, 5.41) is 29.1. The number of ether oxygens (including phenoxy) is 1. The van der Waals surface area contributed by atoms with Gasteiger partial charge in [-0.05, 0) is 79.3 Å². The number of sulfonamides is 1. The molecule has 1 fully saturated rings. The molecule has 0 saturated heterocycles. The van der Waals surface area contributed by atoms with Crippen molar-refractivity contribution in [3.05, 3.63) is 89.5 Å². The largest absolute Gasteiger partial charge is 0.490 e. The van der Waals surface area contributed by atoms with Gasteiger partial charge < -0.3 is 25.0 Å². The second-order valence-corrected chi connectivity index (χ2v) is 13.2. The third-order valence-corrected chi connectivity index (χ3v) is 9.27. The molecule has 11 heteroatoms. The summed E-state index contributed by atoms with van der Waals surface area (Å²) in [6.45, 7) is 0.0563. The number of amides is 2. The molecule has 1 saturated carbocycles. The Hall–Kier alpha value is -3.93. The monoisotopic (exact) mass is 638 g/mol. The molecule has 4 rings (SSSR count). The molecule has 0 spiro atoms. The van der Waals surface area contributed by atoms with Crippen LogP contribution in [0.2, 0.25) is 0 Å².